The zero-order valence-electron chi connectivity index (χ0n) is 16.3. The molecule has 1 saturated heterocycles. The van der Waals surface area contributed by atoms with E-state index in [1.165, 1.54) is 25.7 Å². The molecule has 1 amide bonds. The van der Waals surface area contributed by atoms with Crippen LogP contribution in [0.15, 0.2) is 36.4 Å². The first-order valence-electron chi connectivity index (χ1n) is 10.4. The molecule has 6 heteroatoms. The summed E-state index contributed by atoms with van der Waals surface area (Å²) in [6.45, 7) is 2.90. The van der Waals surface area contributed by atoms with Crippen LogP contribution in [0.2, 0.25) is 0 Å². The van der Waals surface area contributed by atoms with E-state index in [0.29, 0.717) is 24.7 Å². The van der Waals surface area contributed by atoms with E-state index in [1.54, 1.807) is 0 Å². The molecule has 0 unspecified atom stereocenters. The second-order valence-electron chi connectivity index (χ2n) is 7.56. The minimum atomic E-state index is -0.0963. The van der Waals surface area contributed by atoms with Crippen LogP contribution in [-0.2, 0) is 4.74 Å². The summed E-state index contributed by atoms with van der Waals surface area (Å²) in [5, 5.41) is 3.21. The van der Waals surface area contributed by atoms with Crippen molar-refractivity contribution < 1.29 is 9.53 Å². The quantitative estimate of drug-likeness (QED) is 0.823. The molecule has 1 aliphatic carbocycles. The van der Waals surface area contributed by atoms with Gasteiger partial charge in [0.2, 0.25) is 0 Å². The van der Waals surface area contributed by atoms with Gasteiger partial charge in [-0.3, -0.25) is 4.79 Å². The standard InChI is InChI=1S/C22H28N4O2/c27-22(23-18-10-6-1-2-7-11-18)19-16-20(26-12-14-28-15-13-26)25-21(24-19)17-8-4-3-5-9-17/h3-5,8-9,16,18H,1-2,6-7,10-15H2,(H,23,27). The van der Waals surface area contributed by atoms with Gasteiger partial charge in [0.15, 0.2) is 5.82 Å². The summed E-state index contributed by atoms with van der Waals surface area (Å²) < 4.78 is 5.46. The summed E-state index contributed by atoms with van der Waals surface area (Å²) in [6, 6.07) is 11.9. The number of hydrogen-bond donors (Lipinski definition) is 1. The van der Waals surface area contributed by atoms with Gasteiger partial charge >= 0.3 is 0 Å². The topological polar surface area (TPSA) is 67.4 Å². The maximum atomic E-state index is 13.0. The van der Waals surface area contributed by atoms with Gasteiger partial charge in [0, 0.05) is 30.8 Å². The number of hydrogen-bond acceptors (Lipinski definition) is 5. The normalized spacial score (nSPS) is 18.5. The van der Waals surface area contributed by atoms with Crippen molar-refractivity contribution in [3.8, 4) is 11.4 Å². The van der Waals surface area contributed by atoms with Gasteiger partial charge < -0.3 is 15.0 Å². The van der Waals surface area contributed by atoms with Crippen LogP contribution in [-0.4, -0.2) is 48.2 Å². The highest BCUT2D eigenvalue weighted by atomic mass is 16.5. The number of morpholine rings is 1. The highest BCUT2D eigenvalue weighted by Crippen LogP contribution is 2.22. The number of aromatic nitrogens is 2. The van der Waals surface area contributed by atoms with Crippen LogP contribution in [0.25, 0.3) is 11.4 Å². The van der Waals surface area contributed by atoms with Crippen LogP contribution >= 0.6 is 0 Å². The van der Waals surface area contributed by atoms with Crippen LogP contribution < -0.4 is 10.2 Å². The number of nitrogens with zero attached hydrogens (tertiary/aromatic N) is 3. The predicted octanol–water partition coefficient (Wildman–Crippen LogP) is 3.43. The summed E-state index contributed by atoms with van der Waals surface area (Å²) in [5.74, 6) is 1.29. The molecule has 0 radical (unpaired) electrons. The summed E-state index contributed by atoms with van der Waals surface area (Å²) in [4.78, 5) is 24.5. The molecule has 1 aliphatic heterocycles. The first-order chi connectivity index (χ1) is 13.8. The van der Waals surface area contributed by atoms with Crippen LogP contribution in [0.4, 0.5) is 5.82 Å². The van der Waals surface area contributed by atoms with Crippen LogP contribution in [0.3, 0.4) is 0 Å². The third kappa shape index (κ3) is 4.68. The fraction of sp³-hybridized carbons (Fsp3) is 0.500. The van der Waals surface area contributed by atoms with Gasteiger partial charge in [-0.1, -0.05) is 56.0 Å². The van der Waals surface area contributed by atoms with E-state index in [0.717, 1.165) is 37.3 Å². The number of ether oxygens (including phenoxy) is 1. The Morgan fingerprint density at radius 1 is 1.00 bits per heavy atom. The SMILES string of the molecule is O=C(NC1CCCCCC1)c1cc(N2CCOCC2)nc(-c2ccccc2)n1. The molecule has 148 valence electrons. The minimum absolute atomic E-state index is 0.0963. The van der Waals surface area contributed by atoms with Gasteiger partial charge in [0.05, 0.1) is 13.2 Å². The van der Waals surface area contributed by atoms with Crippen molar-refractivity contribution in [1.82, 2.24) is 15.3 Å². The van der Waals surface area contributed by atoms with Crippen LogP contribution in [0.1, 0.15) is 49.0 Å². The maximum absolute atomic E-state index is 13.0. The monoisotopic (exact) mass is 380 g/mol. The van der Waals surface area contributed by atoms with Gasteiger partial charge in [0.1, 0.15) is 11.5 Å². The Kier molecular flexibility index (Phi) is 6.17. The smallest absolute Gasteiger partial charge is 0.270 e. The summed E-state index contributed by atoms with van der Waals surface area (Å²) in [5.41, 5.74) is 1.36. The van der Waals surface area contributed by atoms with E-state index >= 15 is 0 Å². The average molecular weight is 380 g/mol. The Morgan fingerprint density at radius 3 is 2.43 bits per heavy atom. The molecule has 0 bridgehead atoms. The maximum Gasteiger partial charge on any atom is 0.270 e. The Labute approximate surface area is 166 Å². The van der Waals surface area contributed by atoms with Crippen LogP contribution in [0.5, 0.6) is 0 Å². The van der Waals surface area contributed by atoms with Crippen molar-refractivity contribution in [2.45, 2.75) is 44.6 Å². The van der Waals surface area contributed by atoms with E-state index in [-0.39, 0.29) is 11.9 Å². The number of rotatable bonds is 4. The molecule has 2 aromatic rings. The molecule has 6 nitrogen and oxygen atoms in total. The van der Waals surface area contributed by atoms with Gasteiger partial charge in [-0.2, -0.15) is 0 Å². The van der Waals surface area contributed by atoms with Crippen molar-refractivity contribution >= 4 is 11.7 Å². The Bertz CT molecular complexity index is 782. The summed E-state index contributed by atoms with van der Waals surface area (Å²) in [6.07, 6.45) is 7.00. The molecule has 2 heterocycles. The molecule has 28 heavy (non-hydrogen) atoms. The van der Waals surface area contributed by atoms with E-state index < -0.39 is 0 Å². The zero-order chi connectivity index (χ0) is 19.2. The average Bonchev–Trinajstić information content (AvgIpc) is 3.03. The number of amides is 1. The van der Waals surface area contributed by atoms with Crippen molar-refractivity contribution in [1.29, 1.82) is 0 Å². The van der Waals surface area contributed by atoms with Gasteiger partial charge in [-0.25, -0.2) is 9.97 Å². The van der Waals surface area contributed by atoms with Crippen molar-refractivity contribution in [3.63, 3.8) is 0 Å². The lowest BCUT2D eigenvalue weighted by Crippen LogP contribution is -2.38. The van der Waals surface area contributed by atoms with E-state index in [2.05, 4.69) is 15.2 Å². The first kappa shape index (κ1) is 18.9. The van der Waals surface area contributed by atoms with E-state index in [4.69, 9.17) is 9.72 Å². The Morgan fingerprint density at radius 2 is 1.71 bits per heavy atom. The molecule has 1 saturated carbocycles. The van der Waals surface area contributed by atoms with Gasteiger partial charge in [0.25, 0.3) is 5.91 Å². The molecule has 0 spiro atoms. The molecule has 1 aromatic carbocycles. The number of carbonyl (C=O) groups is 1. The van der Waals surface area contributed by atoms with Gasteiger partial charge in [-0.05, 0) is 12.8 Å². The molecule has 0 atom stereocenters. The summed E-state index contributed by atoms with van der Waals surface area (Å²) >= 11 is 0. The molecular formula is C22H28N4O2. The highest BCUT2D eigenvalue weighted by molar-refractivity contribution is 5.93. The molecule has 1 aromatic heterocycles. The second kappa shape index (κ2) is 9.15. The van der Waals surface area contributed by atoms with Crippen molar-refractivity contribution in [3.05, 3.63) is 42.1 Å². The second-order valence-corrected chi connectivity index (χ2v) is 7.56. The Balaban J connectivity index is 1.62. The third-order valence-electron chi connectivity index (χ3n) is 5.50. The van der Waals surface area contributed by atoms with E-state index in [1.807, 2.05) is 36.4 Å². The molecular weight excluding hydrogens is 352 g/mol. The highest BCUT2D eigenvalue weighted by Gasteiger charge is 2.21. The largest absolute Gasteiger partial charge is 0.378 e. The summed E-state index contributed by atoms with van der Waals surface area (Å²) in [7, 11) is 0. The molecule has 2 aliphatic rings. The number of carbonyl (C=O) groups excluding carboxylic acids is 1. The lowest BCUT2D eigenvalue weighted by molar-refractivity contribution is 0.0928. The Hall–Kier alpha value is -2.47. The number of benzene rings is 1. The molecule has 1 N–H and O–H groups in total. The fourth-order valence-corrected chi connectivity index (χ4v) is 3.90. The first-order valence-corrected chi connectivity index (χ1v) is 10.4. The molecule has 2 fully saturated rings. The number of anilines is 1. The third-order valence-corrected chi connectivity index (χ3v) is 5.50. The van der Waals surface area contributed by atoms with Crippen molar-refractivity contribution in [2.24, 2.45) is 0 Å². The van der Waals surface area contributed by atoms with Crippen molar-refractivity contribution in [2.75, 3.05) is 31.2 Å². The lowest BCUT2D eigenvalue weighted by Gasteiger charge is -2.28. The van der Waals surface area contributed by atoms with Gasteiger partial charge in [-0.15, -0.1) is 0 Å². The van der Waals surface area contributed by atoms with Crippen LogP contribution in [0, 0.1) is 0 Å². The number of nitrogens with one attached hydrogen (secondary N) is 1. The fourth-order valence-electron chi connectivity index (χ4n) is 3.90. The zero-order valence-corrected chi connectivity index (χ0v) is 16.3. The minimum Gasteiger partial charge on any atom is -0.378 e. The molecule has 4 rings (SSSR count). The van der Waals surface area contributed by atoms with E-state index in [9.17, 15) is 4.79 Å². The predicted molar refractivity (Wildman–Crippen MR) is 109 cm³/mol. The lowest BCUT2D eigenvalue weighted by atomic mass is 10.1.